The summed E-state index contributed by atoms with van der Waals surface area (Å²) in [6.07, 6.45) is 3.55. The minimum atomic E-state index is 0.530. The molecule has 18 heavy (non-hydrogen) atoms. The Bertz CT molecular complexity index is 459. The molecule has 0 unspecified atom stereocenters. The fourth-order valence-electron chi connectivity index (χ4n) is 2.55. The standard InChI is InChI=1S/C17H21B/c1-3-8-15-11-13-17(14-12-15)18(4-2)16-9-6-5-7-10-16/h5-7,9-14H,3-4,8H2,1-2H3. The van der Waals surface area contributed by atoms with Crippen LogP contribution in [0.1, 0.15) is 25.8 Å². The van der Waals surface area contributed by atoms with E-state index in [0.29, 0.717) is 6.71 Å². The Morgan fingerprint density at radius 1 is 0.778 bits per heavy atom. The Kier molecular flexibility index (Phi) is 4.63. The highest BCUT2D eigenvalue weighted by molar-refractivity contribution is 6.85. The van der Waals surface area contributed by atoms with Gasteiger partial charge in [-0.05, 0) is 12.0 Å². The summed E-state index contributed by atoms with van der Waals surface area (Å²) in [4.78, 5) is 0. The van der Waals surface area contributed by atoms with Gasteiger partial charge in [0.05, 0.1) is 0 Å². The van der Waals surface area contributed by atoms with Gasteiger partial charge in [-0.15, -0.1) is 0 Å². The maximum atomic E-state index is 2.30. The molecule has 2 aromatic rings. The molecular weight excluding hydrogens is 215 g/mol. The predicted octanol–water partition coefficient (Wildman–Crippen LogP) is 3.27. The van der Waals surface area contributed by atoms with Crippen molar-refractivity contribution in [3.63, 3.8) is 0 Å². The van der Waals surface area contributed by atoms with E-state index in [1.165, 1.54) is 29.3 Å². The number of rotatable bonds is 5. The van der Waals surface area contributed by atoms with Crippen molar-refractivity contribution in [2.45, 2.75) is 33.0 Å². The van der Waals surface area contributed by atoms with Gasteiger partial charge in [-0.2, -0.15) is 0 Å². The summed E-state index contributed by atoms with van der Waals surface area (Å²) >= 11 is 0. The zero-order valence-corrected chi connectivity index (χ0v) is 11.4. The Morgan fingerprint density at radius 2 is 1.39 bits per heavy atom. The Labute approximate surface area is 111 Å². The van der Waals surface area contributed by atoms with Gasteiger partial charge in [-0.1, -0.05) is 92.1 Å². The molecular formula is C17H21B. The van der Waals surface area contributed by atoms with Crippen molar-refractivity contribution in [1.29, 1.82) is 0 Å². The lowest BCUT2D eigenvalue weighted by Crippen LogP contribution is -2.41. The van der Waals surface area contributed by atoms with Crippen LogP contribution < -0.4 is 10.9 Å². The Hall–Kier alpha value is -1.50. The molecule has 0 N–H and O–H groups in total. The van der Waals surface area contributed by atoms with Crippen LogP contribution in [0.15, 0.2) is 54.6 Å². The first kappa shape index (κ1) is 12.9. The van der Waals surface area contributed by atoms with Crippen LogP contribution in [-0.2, 0) is 6.42 Å². The van der Waals surface area contributed by atoms with Crippen molar-refractivity contribution in [3.8, 4) is 0 Å². The minimum Gasteiger partial charge on any atom is -0.0742 e. The third-order valence-electron chi connectivity index (χ3n) is 3.53. The molecule has 0 saturated heterocycles. The molecule has 1 heteroatoms. The van der Waals surface area contributed by atoms with Crippen LogP contribution in [0.4, 0.5) is 0 Å². The van der Waals surface area contributed by atoms with Gasteiger partial charge in [-0.25, -0.2) is 0 Å². The number of hydrogen-bond donors (Lipinski definition) is 0. The first-order valence-corrected chi connectivity index (χ1v) is 6.99. The average Bonchev–Trinajstić information content (AvgIpc) is 2.43. The van der Waals surface area contributed by atoms with E-state index in [2.05, 4.69) is 68.4 Å². The lowest BCUT2D eigenvalue weighted by molar-refractivity contribution is 0.922. The highest BCUT2D eigenvalue weighted by Gasteiger charge is 2.15. The summed E-state index contributed by atoms with van der Waals surface area (Å²) in [7, 11) is 0. The van der Waals surface area contributed by atoms with E-state index >= 15 is 0 Å². The largest absolute Gasteiger partial charge is 0.209 e. The number of aryl methyl sites for hydroxylation is 1. The first-order valence-electron chi connectivity index (χ1n) is 6.99. The molecule has 0 saturated carbocycles. The second kappa shape index (κ2) is 6.44. The second-order valence-corrected chi connectivity index (χ2v) is 4.86. The molecule has 2 rings (SSSR count). The summed E-state index contributed by atoms with van der Waals surface area (Å²) in [6, 6.07) is 20.0. The van der Waals surface area contributed by atoms with Crippen molar-refractivity contribution in [3.05, 3.63) is 60.2 Å². The molecule has 0 aromatic heterocycles. The zero-order chi connectivity index (χ0) is 12.8. The van der Waals surface area contributed by atoms with Crippen LogP contribution in [0.5, 0.6) is 0 Å². The van der Waals surface area contributed by atoms with Crippen molar-refractivity contribution in [2.75, 3.05) is 0 Å². The molecule has 0 amide bonds. The molecule has 0 nitrogen and oxygen atoms in total. The summed E-state index contributed by atoms with van der Waals surface area (Å²) in [5.74, 6) is 0. The fourth-order valence-corrected chi connectivity index (χ4v) is 2.55. The van der Waals surface area contributed by atoms with Crippen LogP contribution in [-0.4, -0.2) is 6.71 Å². The molecule has 0 heterocycles. The summed E-state index contributed by atoms with van der Waals surface area (Å²) in [5, 5.41) is 0. The molecule has 0 aliphatic rings. The van der Waals surface area contributed by atoms with E-state index in [1.807, 2.05) is 0 Å². The van der Waals surface area contributed by atoms with E-state index in [1.54, 1.807) is 0 Å². The maximum absolute atomic E-state index is 2.30. The molecule has 0 radical (unpaired) electrons. The predicted molar refractivity (Wildman–Crippen MR) is 82.4 cm³/mol. The monoisotopic (exact) mass is 236 g/mol. The van der Waals surface area contributed by atoms with Gasteiger partial charge in [0.25, 0.3) is 0 Å². The normalized spacial score (nSPS) is 10.3. The topological polar surface area (TPSA) is 0 Å². The van der Waals surface area contributed by atoms with Gasteiger partial charge >= 0.3 is 0 Å². The quantitative estimate of drug-likeness (QED) is 0.699. The molecule has 0 fully saturated rings. The Balaban J connectivity index is 2.23. The van der Waals surface area contributed by atoms with Gasteiger partial charge in [0.1, 0.15) is 0 Å². The van der Waals surface area contributed by atoms with Crippen LogP contribution in [0.25, 0.3) is 0 Å². The van der Waals surface area contributed by atoms with E-state index < -0.39 is 0 Å². The van der Waals surface area contributed by atoms with E-state index in [-0.39, 0.29) is 0 Å². The summed E-state index contributed by atoms with van der Waals surface area (Å²) < 4.78 is 0. The highest BCUT2D eigenvalue weighted by Crippen LogP contribution is 2.03. The van der Waals surface area contributed by atoms with Crippen molar-refractivity contribution in [2.24, 2.45) is 0 Å². The number of hydrogen-bond acceptors (Lipinski definition) is 0. The fraction of sp³-hybridized carbons (Fsp3) is 0.294. The SMILES string of the molecule is CCCc1ccc(B(CC)c2ccccc2)cc1. The summed E-state index contributed by atoms with van der Waals surface area (Å²) in [5.41, 5.74) is 4.30. The van der Waals surface area contributed by atoms with Gasteiger partial charge in [0.2, 0.25) is 6.71 Å². The maximum Gasteiger partial charge on any atom is 0.209 e. The number of benzene rings is 2. The molecule has 2 aromatic carbocycles. The van der Waals surface area contributed by atoms with Crippen LogP contribution >= 0.6 is 0 Å². The van der Waals surface area contributed by atoms with E-state index in [0.717, 1.165) is 6.32 Å². The second-order valence-electron chi connectivity index (χ2n) is 4.86. The first-order chi connectivity index (χ1) is 8.85. The highest BCUT2D eigenvalue weighted by atomic mass is 14.0. The van der Waals surface area contributed by atoms with Crippen molar-refractivity contribution < 1.29 is 0 Å². The third-order valence-corrected chi connectivity index (χ3v) is 3.53. The van der Waals surface area contributed by atoms with E-state index in [9.17, 15) is 0 Å². The smallest absolute Gasteiger partial charge is 0.0742 e. The molecule has 92 valence electrons. The van der Waals surface area contributed by atoms with E-state index in [4.69, 9.17) is 0 Å². The lowest BCUT2D eigenvalue weighted by atomic mass is 9.39. The Morgan fingerprint density at radius 3 is 1.94 bits per heavy atom. The molecule has 0 aliphatic carbocycles. The lowest BCUT2D eigenvalue weighted by Gasteiger charge is -2.13. The zero-order valence-electron chi connectivity index (χ0n) is 11.4. The summed E-state index contributed by atoms with van der Waals surface area (Å²) in [6.45, 7) is 5.02. The average molecular weight is 236 g/mol. The van der Waals surface area contributed by atoms with Crippen molar-refractivity contribution in [1.82, 2.24) is 0 Å². The molecule has 0 atom stereocenters. The minimum absolute atomic E-state index is 0.530. The molecule has 0 aliphatic heterocycles. The van der Waals surface area contributed by atoms with Gasteiger partial charge in [0, 0.05) is 0 Å². The van der Waals surface area contributed by atoms with Gasteiger partial charge in [0.15, 0.2) is 0 Å². The third kappa shape index (κ3) is 3.04. The van der Waals surface area contributed by atoms with Crippen LogP contribution in [0.3, 0.4) is 0 Å². The van der Waals surface area contributed by atoms with Gasteiger partial charge in [-0.3, -0.25) is 0 Å². The van der Waals surface area contributed by atoms with Crippen LogP contribution in [0.2, 0.25) is 6.32 Å². The molecule has 0 spiro atoms. The van der Waals surface area contributed by atoms with Crippen molar-refractivity contribution >= 4 is 17.6 Å². The van der Waals surface area contributed by atoms with Gasteiger partial charge < -0.3 is 0 Å². The molecule has 0 bridgehead atoms. The van der Waals surface area contributed by atoms with Crippen LogP contribution in [0, 0.1) is 0 Å².